The van der Waals surface area contributed by atoms with Crippen molar-refractivity contribution in [2.45, 2.75) is 38.7 Å². The van der Waals surface area contributed by atoms with Crippen molar-refractivity contribution >= 4 is 33.0 Å². The first-order valence-corrected chi connectivity index (χ1v) is 8.94. The number of rotatable bonds is 4. The summed E-state index contributed by atoms with van der Waals surface area (Å²) in [5.74, 6) is 0. The highest BCUT2D eigenvalue weighted by Gasteiger charge is 2.24. The standard InChI is InChI=1S/C17H21ClN4OS/c1-16(2,3)13-9-22-15(20-13)24-14(21-22)19-10-17(4,23)11-6-5-7-12(18)8-11/h5-9,23H,10H2,1-4H3,(H,19,21). The molecule has 1 atom stereocenters. The third kappa shape index (κ3) is 3.55. The van der Waals surface area contributed by atoms with Crippen LogP contribution in [-0.4, -0.2) is 26.2 Å². The summed E-state index contributed by atoms with van der Waals surface area (Å²) in [5, 5.41) is 19.7. The van der Waals surface area contributed by atoms with Crippen molar-refractivity contribution in [1.82, 2.24) is 14.6 Å². The molecule has 24 heavy (non-hydrogen) atoms. The van der Waals surface area contributed by atoms with Crippen LogP contribution >= 0.6 is 22.9 Å². The average molecular weight is 365 g/mol. The maximum atomic E-state index is 10.7. The summed E-state index contributed by atoms with van der Waals surface area (Å²) in [6.45, 7) is 8.46. The lowest BCUT2D eigenvalue weighted by atomic mass is 9.93. The van der Waals surface area contributed by atoms with Gasteiger partial charge in [-0.25, -0.2) is 9.50 Å². The molecule has 128 valence electrons. The van der Waals surface area contributed by atoms with Gasteiger partial charge in [0, 0.05) is 17.0 Å². The first-order valence-electron chi connectivity index (χ1n) is 7.74. The van der Waals surface area contributed by atoms with Crippen molar-refractivity contribution in [3.8, 4) is 0 Å². The minimum Gasteiger partial charge on any atom is -0.384 e. The normalized spacial score (nSPS) is 14.8. The highest BCUT2D eigenvalue weighted by molar-refractivity contribution is 7.20. The van der Waals surface area contributed by atoms with Gasteiger partial charge in [0.1, 0.15) is 5.60 Å². The van der Waals surface area contributed by atoms with E-state index in [-0.39, 0.29) is 5.41 Å². The molecule has 1 aromatic carbocycles. The number of halogens is 1. The second-order valence-corrected chi connectivity index (χ2v) is 8.54. The molecule has 0 bridgehead atoms. The molecule has 0 saturated heterocycles. The minimum absolute atomic E-state index is 0.00272. The second kappa shape index (κ2) is 6.02. The molecular weight excluding hydrogens is 344 g/mol. The quantitative estimate of drug-likeness (QED) is 0.732. The van der Waals surface area contributed by atoms with E-state index in [0.717, 1.165) is 21.3 Å². The Balaban J connectivity index is 1.74. The summed E-state index contributed by atoms with van der Waals surface area (Å²) in [6, 6.07) is 7.25. The number of anilines is 1. The van der Waals surface area contributed by atoms with Crippen LogP contribution in [-0.2, 0) is 11.0 Å². The van der Waals surface area contributed by atoms with E-state index in [1.807, 2.05) is 18.3 Å². The number of aromatic nitrogens is 3. The van der Waals surface area contributed by atoms with Crippen LogP contribution in [0, 0.1) is 0 Å². The van der Waals surface area contributed by atoms with Gasteiger partial charge in [-0.05, 0) is 24.6 Å². The van der Waals surface area contributed by atoms with Gasteiger partial charge in [0.25, 0.3) is 0 Å². The molecule has 0 aliphatic carbocycles. The molecule has 3 aromatic rings. The van der Waals surface area contributed by atoms with Crippen LogP contribution in [0.5, 0.6) is 0 Å². The van der Waals surface area contributed by atoms with Gasteiger partial charge in [0.15, 0.2) is 0 Å². The van der Waals surface area contributed by atoms with E-state index >= 15 is 0 Å². The summed E-state index contributed by atoms with van der Waals surface area (Å²) in [7, 11) is 0. The number of imidazole rings is 1. The Kier molecular flexibility index (Phi) is 4.32. The van der Waals surface area contributed by atoms with E-state index in [2.05, 4.69) is 36.2 Å². The lowest BCUT2D eigenvalue weighted by molar-refractivity contribution is 0.0715. The summed E-state index contributed by atoms with van der Waals surface area (Å²) in [6.07, 6.45) is 1.95. The zero-order chi connectivity index (χ0) is 17.5. The summed E-state index contributed by atoms with van der Waals surface area (Å²) in [4.78, 5) is 5.46. The highest BCUT2D eigenvalue weighted by Crippen LogP contribution is 2.27. The van der Waals surface area contributed by atoms with Crippen LogP contribution in [0.2, 0.25) is 5.02 Å². The van der Waals surface area contributed by atoms with Gasteiger partial charge in [-0.3, -0.25) is 0 Å². The molecule has 2 heterocycles. The van der Waals surface area contributed by atoms with E-state index in [4.69, 9.17) is 11.6 Å². The Labute approximate surface area is 150 Å². The average Bonchev–Trinajstić information content (AvgIpc) is 3.03. The number of benzene rings is 1. The lowest BCUT2D eigenvalue weighted by Gasteiger charge is -2.24. The van der Waals surface area contributed by atoms with Crippen molar-refractivity contribution in [2.75, 3.05) is 11.9 Å². The molecule has 2 aromatic heterocycles. The first kappa shape index (κ1) is 17.2. The van der Waals surface area contributed by atoms with Crippen molar-refractivity contribution in [2.24, 2.45) is 0 Å². The zero-order valence-electron chi connectivity index (χ0n) is 14.2. The topological polar surface area (TPSA) is 62.5 Å². The van der Waals surface area contributed by atoms with Crippen LogP contribution < -0.4 is 5.32 Å². The van der Waals surface area contributed by atoms with Gasteiger partial charge in [-0.15, -0.1) is 5.10 Å². The third-order valence-corrected chi connectivity index (χ3v) is 4.96. The Morgan fingerprint density at radius 2 is 2.04 bits per heavy atom. The van der Waals surface area contributed by atoms with E-state index in [9.17, 15) is 5.11 Å². The first-order chi connectivity index (χ1) is 11.1. The molecule has 2 N–H and O–H groups in total. The molecule has 5 nitrogen and oxygen atoms in total. The number of nitrogens with zero attached hydrogens (tertiary/aromatic N) is 3. The van der Waals surface area contributed by atoms with Crippen molar-refractivity contribution in [3.63, 3.8) is 0 Å². The summed E-state index contributed by atoms with van der Waals surface area (Å²) >= 11 is 7.47. The monoisotopic (exact) mass is 364 g/mol. The zero-order valence-corrected chi connectivity index (χ0v) is 15.7. The van der Waals surface area contributed by atoms with Gasteiger partial charge >= 0.3 is 0 Å². The fourth-order valence-electron chi connectivity index (χ4n) is 2.31. The molecule has 0 aliphatic rings. The molecule has 3 rings (SSSR count). The fourth-order valence-corrected chi connectivity index (χ4v) is 3.27. The summed E-state index contributed by atoms with van der Waals surface area (Å²) in [5.41, 5.74) is 0.726. The van der Waals surface area contributed by atoms with Gasteiger partial charge in [-0.1, -0.05) is 55.8 Å². The Bertz CT molecular complexity index is 831. The number of nitrogens with one attached hydrogen (secondary N) is 1. The van der Waals surface area contributed by atoms with Crippen LogP contribution in [0.15, 0.2) is 30.5 Å². The summed E-state index contributed by atoms with van der Waals surface area (Å²) < 4.78 is 1.78. The smallest absolute Gasteiger partial charge is 0.214 e. The third-order valence-electron chi connectivity index (χ3n) is 3.84. The van der Waals surface area contributed by atoms with E-state index < -0.39 is 5.60 Å². The number of hydrogen-bond donors (Lipinski definition) is 2. The predicted molar refractivity (Wildman–Crippen MR) is 99.1 cm³/mol. The molecule has 0 saturated carbocycles. The number of hydrogen-bond acceptors (Lipinski definition) is 5. The molecule has 0 fully saturated rings. The maximum absolute atomic E-state index is 10.7. The maximum Gasteiger partial charge on any atom is 0.214 e. The van der Waals surface area contributed by atoms with Crippen LogP contribution in [0.3, 0.4) is 0 Å². The Morgan fingerprint density at radius 3 is 2.67 bits per heavy atom. The molecule has 0 spiro atoms. The van der Waals surface area contributed by atoms with Gasteiger partial charge in [0.05, 0.1) is 11.9 Å². The van der Waals surface area contributed by atoms with Gasteiger partial charge in [0.2, 0.25) is 10.1 Å². The van der Waals surface area contributed by atoms with Crippen LogP contribution in [0.25, 0.3) is 4.96 Å². The van der Waals surface area contributed by atoms with Crippen LogP contribution in [0.4, 0.5) is 5.13 Å². The largest absolute Gasteiger partial charge is 0.384 e. The second-order valence-electron chi connectivity index (χ2n) is 7.15. The molecule has 1 unspecified atom stereocenters. The number of fused-ring (bicyclic) bond motifs is 1. The highest BCUT2D eigenvalue weighted by atomic mass is 35.5. The van der Waals surface area contributed by atoms with E-state index in [1.54, 1.807) is 23.6 Å². The molecule has 7 heteroatoms. The van der Waals surface area contributed by atoms with Crippen molar-refractivity contribution in [3.05, 3.63) is 46.7 Å². The Hall–Kier alpha value is -1.63. The Morgan fingerprint density at radius 1 is 1.29 bits per heavy atom. The molecular formula is C17H21ClN4OS. The number of aliphatic hydroxyl groups is 1. The van der Waals surface area contributed by atoms with E-state index in [1.165, 1.54) is 11.3 Å². The predicted octanol–water partition coefficient (Wildman–Crippen LogP) is 4.06. The van der Waals surface area contributed by atoms with Crippen molar-refractivity contribution in [1.29, 1.82) is 0 Å². The minimum atomic E-state index is -1.05. The van der Waals surface area contributed by atoms with E-state index in [0.29, 0.717) is 11.6 Å². The molecule has 0 aliphatic heterocycles. The molecule has 0 amide bonds. The fraction of sp³-hybridized carbons (Fsp3) is 0.412. The van der Waals surface area contributed by atoms with Crippen molar-refractivity contribution < 1.29 is 5.11 Å². The van der Waals surface area contributed by atoms with Gasteiger partial charge < -0.3 is 10.4 Å². The molecule has 0 radical (unpaired) electrons. The van der Waals surface area contributed by atoms with Crippen LogP contribution in [0.1, 0.15) is 39.0 Å². The SMILES string of the molecule is CC(C)(C)c1cn2nc(NCC(C)(O)c3cccc(Cl)c3)sc2n1. The van der Waals surface area contributed by atoms with Gasteiger partial charge in [-0.2, -0.15) is 0 Å². The lowest BCUT2D eigenvalue weighted by Crippen LogP contribution is -2.30.